The molecule has 1 amide bonds. The Bertz CT molecular complexity index is 391. The molecule has 98 valence electrons. The molecular formula is C15H22N2O. The maximum Gasteiger partial charge on any atom is 0.241 e. The molecular weight excluding hydrogens is 224 g/mol. The number of hydrogen-bond donors (Lipinski definition) is 1. The Morgan fingerprint density at radius 1 is 1.28 bits per heavy atom. The van der Waals surface area contributed by atoms with Crippen molar-refractivity contribution in [3.63, 3.8) is 0 Å². The van der Waals surface area contributed by atoms with Gasteiger partial charge in [0.2, 0.25) is 5.91 Å². The molecule has 1 aromatic carbocycles. The van der Waals surface area contributed by atoms with Crippen molar-refractivity contribution in [3.8, 4) is 0 Å². The van der Waals surface area contributed by atoms with E-state index in [2.05, 4.69) is 19.2 Å². The number of carbonyl (C=O) groups is 1. The Labute approximate surface area is 109 Å². The lowest BCUT2D eigenvalue weighted by atomic mass is 9.89. The molecule has 1 aliphatic rings. The van der Waals surface area contributed by atoms with Crippen LogP contribution >= 0.6 is 0 Å². The number of carbonyl (C=O) groups excluding carboxylic acids is 1. The fourth-order valence-electron chi connectivity index (χ4n) is 2.33. The number of nitrogens with one attached hydrogen (secondary N) is 1. The lowest BCUT2D eigenvalue weighted by molar-refractivity contribution is -0.131. The maximum absolute atomic E-state index is 12.1. The Morgan fingerprint density at radius 2 is 2.00 bits per heavy atom. The van der Waals surface area contributed by atoms with Gasteiger partial charge < -0.3 is 10.2 Å². The molecule has 0 saturated carbocycles. The molecule has 2 unspecified atom stereocenters. The van der Waals surface area contributed by atoms with Crippen molar-refractivity contribution in [1.82, 2.24) is 4.90 Å². The first-order valence-electron chi connectivity index (χ1n) is 6.73. The highest BCUT2D eigenvalue weighted by Crippen LogP contribution is 2.22. The number of anilines is 1. The molecule has 1 heterocycles. The Balaban J connectivity index is 1.82. The topological polar surface area (TPSA) is 32.3 Å². The average Bonchev–Trinajstić information content (AvgIpc) is 2.40. The molecule has 1 fully saturated rings. The molecule has 0 aliphatic carbocycles. The second-order valence-electron chi connectivity index (χ2n) is 5.30. The third kappa shape index (κ3) is 3.25. The summed E-state index contributed by atoms with van der Waals surface area (Å²) in [5.41, 5.74) is 1.00. The van der Waals surface area contributed by atoms with Gasteiger partial charge in [-0.3, -0.25) is 4.79 Å². The zero-order chi connectivity index (χ0) is 13.0. The molecule has 0 aromatic heterocycles. The van der Waals surface area contributed by atoms with Crippen molar-refractivity contribution >= 4 is 11.6 Å². The average molecular weight is 246 g/mol. The quantitative estimate of drug-likeness (QED) is 0.889. The summed E-state index contributed by atoms with van der Waals surface area (Å²) < 4.78 is 0. The van der Waals surface area contributed by atoms with Crippen LogP contribution in [0.3, 0.4) is 0 Å². The van der Waals surface area contributed by atoms with Crippen LogP contribution in [-0.2, 0) is 4.79 Å². The molecule has 0 radical (unpaired) electrons. The van der Waals surface area contributed by atoms with Crippen LogP contribution in [0.25, 0.3) is 0 Å². The minimum absolute atomic E-state index is 0.206. The fraction of sp³-hybridized carbons (Fsp3) is 0.533. The largest absolute Gasteiger partial charge is 0.376 e. The Kier molecular flexibility index (Phi) is 4.24. The summed E-state index contributed by atoms with van der Waals surface area (Å²) in [5, 5.41) is 3.18. The smallest absolute Gasteiger partial charge is 0.241 e. The molecule has 1 aromatic rings. The normalized spacial score (nSPS) is 23.8. The van der Waals surface area contributed by atoms with Crippen molar-refractivity contribution in [2.75, 3.05) is 25.0 Å². The molecule has 3 nitrogen and oxygen atoms in total. The number of piperidine rings is 1. The number of amides is 1. The Morgan fingerprint density at radius 3 is 2.67 bits per heavy atom. The molecule has 1 saturated heterocycles. The van der Waals surface area contributed by atoms with E-state index < -0.39 is 0 Å². The van der Waals surface area contributed by atoms with Crippen molar-refractivity contribution in [1.29, 1.82) is 0 Å². The summed E-state index contributed by atoms with van der Waals surface area (Å²) in [7, 11) is 0. The predicted octanol–water partition coefficient (Wildman–Crippen LogP) is 2.60. The summed E-state index contributed by atoms with van der Waals surface area (Å²) in [5.74, 6) is 1.55. The first-order valence-corrected chi connectivity index (χ1v) is 6.73. The minimum atomic E-state index is 0.206. The van der Waals surface area contributed by atoms with Gasteiger partial charge in [-0.1, -0.05) is 32.0 Å². The zero-order valence-electron chi connectivity index (χ0n) is 11.2. The number of likely N-dealkylation sites (tertiary alicyclic amines) is 1. The second kappa shape index (κ2) is 5.89. The van der Waals surface area contributed by atoms with Gasteiger partial charge in [0.25, 0.3) is 0 Å². The van der Waals surface area contributed by atoms with Crippen LogP contribution in [0, 0.1) is 11.8 Å². The van der Waals surface area contributed by atoms with Crippen LogP contribution in [0.15, 0.2) is 30.3 Å². The number of benzene rings is 1. The van der Waals surface area contributed by atoms with Crippen molar-refractivity contribution in [2.24, 2.45) is 11.8 Å². The van der Waals surface area contributed by atoms with Gasteiger partial charge in [0.15, 0.2) is 0 Å². The van der Waals surface area contributed by atoms with E-state index in [9.17, 15) is 4.79 Å². The van der Waals surface area contributed by atoms with E-state index in [1.165, 1.54) is 0 Å². The molecule has 2 atom stereocenters. The van der Waals surface area contributed by atoms with E-state index in [4.69, 9.17) is 0 Å². The summed E-state index contributed by atoms with van der Waals surface area (Å²) in [4.78, 5) is 14.1. The van der Waals surface area contributed by atoms with Crippen LogP contribution in [-0.4, -0.2) is 30.4 Å². The van der Waals surface area contributed by atoms with Gasteiger partial charge in [-0.25, -0.2) is 0 Å². The lowest BCUT2D eigenvalue weighted by Gasteiger charge is -2.35. The summed E-state index contributed by atoms with van der Waals surface area (Å²) in [6.45, 7) is 6.70. The molecule has 0 bridgehead atoms. The first-order chi connectivity index (χ1) is 8.66. The molecule has 3 heteroatoms. The van der Waals surface area contributed by atoms with E-state index in [1.54, 1.807) is 0 Å². The number of para-hydroxylation sites is 1. The van der Waals surface area contributed by atoms with Crippen LogP contribution < -0.4 is 5.32 Å². The van der Waals surface area contributed by atoms with Gasteiger partial charge in [0.05, 0.1) is 6.54 Å². The van der Waals surface area contributed by atoms with E-state index in [1.807, 2.05) is 35.2 Å². The number of rotatable bonds is 3. The van der Waals surface area contributed by atoms with Crippen molar-refractivity contribution in [2.45, 2.75) is 20.3 Å². The van der Waals surface area contributed by atoms with Gasteiger partial charge in [0, 0.05) is 18.8 Å². The number of nitrogens with zero attached hydrogens (tertiary/aromatic N) is 1. The maximum atomic E-state index is 12.1. The summed E-state index contributed by atoms with van der Waals surface area (Å²) >= 11 is 0. The van der Waals surface area contributed by atoms with E-state index >= 15 is 0 Å². The summed E-state index contributed by atoms with van der Waals surface area (Å²) in [6, 6.07) is 9.87. The molecule has 2 rings (SSSR count). The monoisotopic (exact) mass is 246 g/mol. The predicted molar refractivity (Wildman–Crippen MR) is 74.5 cm³/mol. The molecule has 1 N–H and O–H groups in total. The van der Waals surface area contributed by atoms with Gasteiger partial charge in [-0.05, 0) is 30.4 Å². The third-order valence-corrected chi connectivity index (χ3v) is 3.90. The van der Waals surface area contributed by atoms with E-state index in [0.29, 0.717) is 12.5 Å². The first kappa shape index (κ1) is 12.9. The van der Waals surface area contributed by atoms with Crippen molar-refractivity contribution in [3.05, 3.63) is 30.3 Å². The van der Waals surface area contributed by atoms with Crippen molar-refractivity contribution < 1.29 is 4.79 Å². The minimum Gasteiger partial charge on any atom is -0.376 e. The molecule has 1 aliphatic heterocycles. The highest BCUT2D eigenvalue weighted by atomic mass is 16.2. The highest BCUT2D eigenvalue weighted by Gasteiger charge is 2.25. The number of hydrogen-bond acceptors (Lipinski definition) is 2. The zero-order valence-corrected chi connectivity index (χ0v) is 11.2. The molecule has 18 heavy (non-hydrogen) atoms. The van der Waals surface area contributed by atoms with Crippen LogP contribution in [0.5, 0.6) is 0 Å². The van der Waals surface area contributed by atoms with Gasteiger partial charge in [-0.15, -0.1) is 0 Å². The second-order valence-corrected chi connectivity index (χ2v) is 5.30. The third-order valence-electron chi connectivity index (χ3n) is 3.90. The van der Waals surface area contributed by atoms with Gasteiger partial charge in [0.1, 0.15) is 0 Å². The highest BCUT2D eigenvalue weighted by molar-refractivity contribution is 5.80. The lowest BCUT2D eigenvalue weighted by Crippen LogP contribution is -2.44. The van der Waals surface area contributed by atoms with E-state index in [0.717, 1.165) is 31.1 Å². The Hall–Kier alpha value is -1.51. The van der Waals surface area contributed by atoms with Crippen LogP contribution in [0.4, 0.5) is 5.69 Å². The SMILES string of the molecule is CC1CCN(C(=O)CNc2ccccc2)CC1C. The fourth-order valence-corrected chi connectivity index (χ4v) is 2.33. The van der Waals surface area contributed by atoms with Crippen LogP contribution in [0.1, 0.15) is 20.3 Å². The van der Waals surface area contributed by atoms with Crippen LogP contribution in [0.2, 0.25) is 0 Å². The van der Waals surface area contributed by atoms with Gasteiger partial charge in [-0.2, -0.15) is 0 Å². The van der Waals surface area contributed by atoms with E-state index in [-0.39, 0.29) is 5.91 Å². The summed E-state index contributed by atoms with van der Waals surface area (Å²) in [6.07, 6.45) is 1.12. The standard InChI is InChI=1S/C15H22N2O/c1-12-8-9-17(11-13(12)2)15(18)10-16-14-6-4-3-5-7-14/h3-7,12-13,16H,8-11H2,1-2H3. The van der Waals surface area contributed by atoms with Gasteiger partial charge >= 0.3 is 0 Å². The molecule has 0 spiro atoms.